The Balaban J connectivity index is 1.73. The molecule has 3 aliphatic rings. The Morgan fingerprint density at radius 2 is 1.79 bits per heavy atom. The Bertz CT molecular complexity index is 760. The Kier molecular flexibility index (Phi) is 7.32. The van der Waals surface area contributed by atoms with E-state index in [4.69, 9.17) is 0 Å². The molecule has 29 heavy (non-hydrogen) atoms. The van der Waals surface area contributed by atoms with Crippen LogP contribution in [0.1, 0.15) is 70.6 Å². The summed E-state index contributed by atoms with van der Waals surface area (Å²) >= 11 is 0. The van der Waals surface area contributed by atoms with Gasteiger partial charge in [0.2, 0.25) is 21.8 Å². The summed E-state index contributed by atoms with van der Waals surface area (Å²) in [7, 11) is -3.68. The lowest BCUT2D eigenvalue weighted by molar-refractivity contribution is -0.139. The smallest absolute Gasteiger partial charge is 0.256 e. The number of nitrogens with zero attached hydrogens (tertiary/aromatic N) is 1. The number of carbonyl (C=O) groups excluding carboxylic acids is 3. The van der Waals surface area contributed by atoms with E-state index in [0.717, 1.165) is 38.5 Å². The van der Waals surface area contributed by atoms with E-state index in [1.54, 1.807) is 4.90 Å². The lowest BCUT2D eigenvalue weighted by Crippen LogP contribution is -2.54. The van der Waals surface area contributed by atoms with Crippen molar-refractivity contribution in [2.24, 2.45) is 0 Å². The fourth-order valence-electron chi connectivity index (χ4n) is 3.90. The molecule has 8 nitrogen and oxygen atoms in total. The van der Waals surface area contributed by atoms with Gasteiger partial charge in [-0.3, -0.25) is 19.1 Å². The van der Waals surface area contributed by atoms with Crippen LogP contribution in [0.3, 0.4) is 0 Å². The highest BCUT2D eigenvalue weighted by Crippen LogP contribution is 2.27. The normalized spacial score (nSPS) is 28.6. The van der Waals surface area contributed by atoms with Gasteiger partial charge in [-0.05, 0) is 51.4 Å². The van der Waals surface area contributed by atoms with Crippen LogP contribution in [-0.2, 0) is 24.4 Å². The van der Waals surface area contributed by atoms with Gasteiger partial charge < -0.3 is 10.2 Å². The Morgan fingerprint density at radius 3 is 2.55 bits per heavy atom. The van der Waals surface area contributed by atoms with Crippen LogP contribution in [0.5, 0.6) is 0 Å². The van der Waals surface area contributed by atoms with Crippen molar-refractivity contribution >= 4 is 27.7 Å². The van der Waals surface area contributed by atoms with Gasteiger partial charge in [0.1, 0.15) is 12.1 Å². The quantitative estimate of drug-likeness (QED) is 0.663. The summed E-state index contributed by atoms with van der Waals surface area (Å²) < 4.78 is 26.4. The highest BCUT2D eigenvalue weighted by Gasteiger charge is 2.39. The summed E-state index contributed by atoms with van der Waals surface area (Å²) in [5.74, 6) is -1.12. The molecule has 2 heterocycles. The molecule has 1 unspecified atom stereocenters. The summed E-state index contributed by atoms with van der Waals surface area (Å²) in [5, 5.41) is 2.19. The molecule has 3 amide bonds. The average molecular weight is 426 g/mol. The van der Waals surface area contributed by atoms with E-state index in [9.17, 15) is 22.8 Å². The molecular weight excluding hydrogens is 394 g/mol. The fraction of sp³-hybridized carbons (Fsp3) is 0.750. The van der Waals surface area contributed by atoms with Gasteiger partial charge in [-0.15, -0.1) is 0 Å². The number of rotatable bonds is 3. The van der Waals surface area contributed by atoms with Gasteiger partial charge in [0, 0.05) is 13.0 Å². The molecule has 162 valence electrons. The number of hydrogen-bond acceptors (Lipinski definition) is 5. The molecule has 3 rings (SSSR count). The monoisotopic (exact) mass is 425 g/mol. The number of sulfonamides is 1. The summed E-state index contributed by atoms with van der Waals surface area (Å²) in [6.45, 7) is 0.545. The molecule has 0 spiro atoms. The van der Waals surface area contributed by atoms with Crippen LogP contribution in [0.2, 0.25) is 0 Å². The lowest BCUT2D eigenvalue weighted by atomic mass is 10.1. The first kappa shape index (κ1) is 21.8. The van der Waals surface area contributed by atoms with E-state index in [2.05, 4.69) is 10.0 Å². The zero-order chi connectivity index (χ0) is 20.9. The van der Waals surface area contributed by atoms with E-state index in [-0.39, 0.29) is 18.2 Å². The van der Waals surface area contributed by atoms with Crippen LogP contribution in [-0.4, -0.2) is 54.9 Å². The van der Waals surface area contributed by atoms with Crippen LogP contribution in [0.15, 0.2) is 12.2 Å². The van der Waals surface area contributed by atoms with Crippen LogP contribution in [0.4, 0.5) is 0 Å². The minimum atomic E-state index is -3.68. The first-order valence-corrected chi connectivity index (χ1v) is 12.2. The largest absolute Gasteiger partial charge is 0.342 e. The minimum absolute atomic E-state index is 0.0204. The number of hydrogen-bond donors (Lipinski definition) is 2. The molecule has 1 saturated carbocycles. The highest BCUT2D eigenvalue weighted by molar-refractivity contribution is 7.90. The number of nitrogens with one attached hydrogen (secondary N) is 2. The van der Waals surface area contributed by atoms with E-state index in [1.807, 2.05) is 12.2 Å². The maximum atomic E-state index is 12.8. The lowest BCUT2D eigenvalue weighted by Gasteiger charge is -2.26. The van der Waals surface area contributed by atoms with Gasteiger partial charge in [0.15, 0.2) is 0 Å². The molecular formula is C20H31N3O5S. The zero-order valence-electron chi connectivity index (χ0n) is 16.8. The molecule has 2 fully saturated rings. The number of allylic oxidation sites excluding steroid dienone is 1. The molecule has 2 atom stereocenters. The predicted molar refractivity (Wildman–Crippen MR) is 108 cm³/mol. The number of amides is 3. The molecule has 0 bridgehead atoms. The second kappa shape index (κ2) is 9.73. The molecule has 0 aromatic rings. The summed E-state index contributed by atoms with van der Waals surface area (Å²) in [6, 6.07) is -1.57. The van der Waals surface area contributed by atoms with Gasteiger partial charge in [-0.1, -0.05) is 25.0 Å². The fourth-order valence-corrected chi connectivity index (χ4v) is 5.24. The summed E-state index contributed by atoms with van der Waals surface area (Å²) in [6.07, 6.45) is 11.5. The molecule has 0 aromatic carbocycles. The molecule has 2 N–H and O–H groups in total. The molecule has 2 aliphatic heterocycles. The van der Waals surface area contributed by atoms with Gasteiger partial charge in [-0.2, -0.15) is 0 Å². The van der Waals surface area contributed by atoms with Crippen molar-refractivity contribution in [1.82, 2.24) is 14.9 Å². The van der Waals surface area contributed by atoms with Gasteiger partial charge in [0.25, 0.3) is 5.91 Å². The molecule has 0 aromatic heterocycles. The van der Waals surface area contributed by atoms with Crippen LogP contribution in [0, 0.1) is 0 Å². The van der Waals surface area contributed by atoms with Crippen LogP contribution in [0.25, 0.3) is 0 Å². The van der Waals surface area contributed by atoms with Crippen LogP contribution >= 0.6 is 0 Å². The van der Waals surface area contributed by atoms with Crippen molar-refractivity contribution in [3.63, 3.8) is 0 Å². The van der Waals surface area contributed by atoms with Crippen molar-refractivity contribution in [2.75, 3.05) is 6.54 Å². The second-order valence-corrected chi connectivity index (χ2v) is 10.1. The average Bonchev–Trinajstić information content (AvgIpc) is 3.42. The number of carbonyl (C=O) groups is 3. The summed E-state index contributed by atoms with van der Waals surface area (Å²) in [4.78, 5) is 39.6. The van der Waals surface area contributed by atoms with Crippen molar-refractivity contribution in [1.29, 1.82) is 0 Å². The van der Waals surface area contributed by atoms with Gasteiger partial charge in [-0.25, -0.2) is 8.42 Å². The first-order chi connectivity index (χ1) is 13.9. The Labute approximate surface area is 172 Å². The standard InChI is InChI=1S/C20H31N3O5S/c24-18-11-7-5-3-1-2-4-6-9-16(19(25)22-29(27,28)15-12-13-15)21-20(26)17-10-8-14-23(17)18/h4,6,15-17H,1-3,5,7-14H2,(H,21,26)(H,22,25)/b6-4-/t16?,17-/m0/s1. The minimum Gasteiger partial charge on any atom is -0.342 e. The van der Waals surface area contributed by atoms with E-state index < -0.39 is 33.3 Å². The van der Waals surface area contributed by atoms with Gasteiger partial charge in [0.05, 0.1) is 5.25 Å². The third-order valence-electron chi connectivity index (χ3n) is 5.76. The molecule has 9 heteroatoms. The summed E-state index contributed by atoms with van der Waals surface area (Å²) in [5.41, 5.74) is 0. The second-order valence-electron chi connectivity index (χ2n) is 8.18. The maximum absolute atomic E-state index is 12.8. The SMILES string of the molecule is O=C(NS(=O)(=O)C1CC1)C1C/C=C\CCCCCCC(=O)N2CCC[C@H]2C(=O)N1. The maximum Gasteiger partial charge on any atom is 0.256 e. The first-order valence-electron chi connectivity index (χ1n) is 10.7. The Morgan fingerprint density at radius 1 is 1.03 bits per heavy atom. The van der Waals surface area contributed by atoms with E-state index in [1.165, 1.54) is 0 Å². The van der Waals surface area contributed by atoms with E-state index >= 15 is 0 Å². The zero-order valence-corrected chi connectivity index (χ0v) is 17.6. The topological polar surface area (TPSA) is 113 Å². The van der Waals surface area contributed by atoms with Crippen molar-refractivity contribution < 1.29 is 22.8 Å². The van der Waals surface area contributed by atoms with E-state index in [0.29, 0.717) is 32.2 Å². The van der Waals surface area contributed by atoms with Crippen molar-refractivity contribution in [2.45, 2.75) is 88.0 Å². The van der Waals surface area contributed by atoms with Crippen molar-refractivity contribution in [3.05, 3.63) is 12.2 Å². The third kappa shape index (κ3) is 6.04. The van der Waals surface area contributed by atoms with Crippen LogP contribution < -0.4 is 10.0 Å². The van der Waals surface area contributed by atoms with Crippen molar-refractivity contribution in [3.8, 4) is 0 Å². The highest BCUT2D eigenvalue weighted by atomic mass is 32.2. The Hall–Kier alpha value is -1.90. The van der Waals surface area contributed by atoms with Gasteiger partial charge >= 0.3 is 0 Å². The molecule has 1 saturated heterocycles. The third-order valence-corrected chi connectivity index (χ3v) is 7.60. The molecule has 1 aliphatic carbocycles. The molecule has 0 radical (unpaired) electrons. The predicted octanol–water partition coefficient (Wildman–Crippen LogP) is 1.37. The number of fused-ring (bicyclic) bond motifs is 1.